The molecule has 1 amide bonds. The number of halogens is 1. The summed E-state index contributed by atoms with van der Waals surface area (Å²) in [6.07, 6.45) is 0.387. The van der Waals surface area contributed by atoms with Crippen LogP contribution in [0.3, 0.4) is 0 Å². The molecule has 0 aromatic heterocycles. The highest BCUT2D eigenvalue weighted by Gasteiger charge is 2.07. The number of hydrogen-bond donors (Lipinski definition) is 2. The number of benzene rings is 2. The minimum atomic E-state index is -0.0531. The van der Waals surface area contributed by atoms with Gasteiger partial charge in [-0.3, -0.25) is 4.79 Å². The van der Waals surface area contributed by atoms with Crippen molar-refractivity contribution in [1.82, 2.24) is 0 Å². The maximum atomic E-state index is 12.0. The monoisotopic (exact) mass is 316 g/mol. The molecule has 0 aliphatic rings. The first-order chi connectivity index (χ1) is 10.6. The van der Waals surface area contributed by atoms with E-state index in [2.05, 4.69) is 30.5 Å². The number of nitrogens with one attached hydrogen (secondary N) is 2. The Labute approximate surface area is 136 Å². The van der Waals surface area contributed by atoms with Gasteiger partial charge in [-0.1, -0.05) is 55.8 Å². The van der Waals surface area contributed by atoms with Crippen LogP contribution >= 0.6 is 11.6 Å². The Morgan fingerprint density at radius 3 is 2.36 bits per heavy atom. The van der Waals surface area contributed by atoms with Gasteiger partial charge >= 0.3 is 0 Å². The van der Waals surface area contributed by atoms with Crippen molar-refractivity contribution in [2.75, 3.05) is 17.2 Å². The molecule has 0 fully saturated rings. The Hall–Kier alpha value is -2.00. The van der Waals surface area contributed by atoms with E-state index < -0.39 is 0 Å². The molecule has 3 nitrogen and oxygen atoms in total. The third kappa shape index (κ3) is 4.50. The largest absolute Gasteiger partial charge is 0.384 e. The maximum absolute atomic E-state index is 12.0. The Kier molecular flexibility index (Phi) is 5.84. The molecule has 0 aliphatic carbocycles. The summed E-state index contributed by atoms with van der Waals surface area (Å²) in [5.74, 6) is 0.392. The summed E-state index contributed by atoms with van der Waals surface area (Å²) in [5.41, 5.74) is 2.99. The Morgan fingerprint density at radius 1 is 1.05 bits per heavy atom. The second-order valence-corrected chi connectivity index (χ2v) is 5.85. The van der Waals surface area contributed by atoms with E-state index in [1.54, 1.807) is 12.1 Å². The summed E-state index contributed by atoms with van der Waals surface area (Å²) in [6, 6.07) is 15.4. The van der Waals surface area contributed by atoms with E-state index in [-0.39, 0.29) is 5.91 Å². The number of carbonyl (C=O) groups excluding carboxylic acids is 1. The van der Waals surface area contributed by atoms with Crippen LogP contribution in [0.15, 0.2) is 48.5 Å². The standard InChI is InChI=1S/C18H21ClN2O/c1-13(2)14-7-3-5-9-16(14)20-12-11-18(22)21-17-10-6-4-8-15(17)19/h3-10,13,20H,11-12H2,1-2H3,(H,21,22). The van der Waals surface area contributed by atoms with Crippen LogP contribution in [0.1, 0.15) is 31.7 Å². The minimum Gasteiger partial charge on any atom is -0.384 e. The molecule has 2 N–H and O–H groups in total. The quantitative estimate of drug-likeness (QED) is 0.795. The number of anilines is 2. The molecule has 2 aromatic rings. The van der Waals surface area contributed by atoms with Gasteiger partial charge in [-0.05, 0) is 29.7 Å². The minimum absolute atomic E-state index is 0.0531. The lowest BCUT2D eigenvalue weighted by atomic mass is 10.0. The smallest absolute Gasteiger partial charge is 0.226 e. The predicted molar refractivity (Wildman–Crippen MR) is 93.7 cm³/mol. The van der Waals surface area contributed by atoms with Crippen LogP contribution in [0, 0.1) is 0 Å². The van der Waals surface area contributed by atoms with Crippen molar-refractivity contribution < 1.29 is 4.79 Å². The highest BCUT2D eigenvalue weighted by molar-refractivity contribution is 6.33. The fraction of sp³-hybridized carbons (Fsp3) is 0.278. The fourth-order valence-electron chi connectivity index (χ4n) is 2.25. The van der Waals surface area contributed by atoms with Gasteiger partial charge in [-0.15, -0.1) is 0 Å². The second kappa shape index (κ2) is 7.85. The van der Waals surface area contributed by atoms with E-state index in [0.29, 0.717) is 29.6 Å². The van der Waals surface area contributed by atoms with Crippen LogP contribution in [0.2, 0.25) is 5.02 Å². The molecule has 22 heavy (non-hydrogen) atoms. The number of rotatable bonds is 6. The fourth-order valence-corrected chi connectivity index (χ4v) is 2.43. The molecule has 0 aliphatic heterocycles. The summed E-state index contributed by atoms with van der Waals surface area (Å²) in [6.45, 7) is 4.90. The van der Waals surface area contributed by atoms with E-state index in [9.17, 15) is 4.79 Å². The zero-order chi connectivity index (χ0) is 15.9. The molecule has 0 saturated heterocycles. The Bertz CT molecular complexity index is 640. The summed E-state index contributed by atoms with van der Waals surface area (Å²) >= 11 is 6.02. The van der Waals surface area contributed by atoms with E-state index in [1.807, 2.05) is 30.3 Å². The summed E-state index contributed by atoms with van der Waals surface area (Å²) in [7, 11) is 0. The SMILES string of the molecule is CC(C)c1ccccc1NCCC(=O)Nc1ccccc1Cl. The van der Waals surface area contributed by atoms with Gasteiger partial charge in [0.05, 0.1) is 10.7 Å². The zero-order valence-corrected chi connectivity index (χ0v) is 13.7. The van der Waals surface area contributed by atoms with Gasteiger partial charge in [0.25, 0.3) is 0 Å². The van der Waals surface area contributed by atoms with Crippen molar-refractivity contribution >= 4 is 28.9 Å². The molecule has 0 atom stereocenters. The van der Waals surface area contributed by atoms with Crippen molar-refractivity contribution in [2.24, 2.45) is 0 Å². The van der Waals surface area contributed by atoms with E-state index in [0.717, 1.165) is 5.69 Å². The zero-order valence-electron chi connectivity index (χ0n) is 12.9. The molecular formula is C18H21ClN2O. The van der Waals surface area contributed by atoms with Gasteiger partial charge in [-0.2, -0.15) is 0 Å². The molecular weight excluding hydrogens is 296 g/mol. The third-order valence-corrected chi connectivity index (χ3v) is 3.73. The summed E-state index contributed by atoms with van der Waals surface area (Å²) in [4.78, 5) is 12.0. The van der Waals surface area contributed by atoms with Crippen molar-refractivity contribution in [3.8, 4) is 0 Å². The van der Waals surface area contributed by atoms with Gasteiger partial charge in [0.1, 0.15) is 0 Å². The van der Waals surface area contributed by atoms with Gasteiger partial charge in [-0.25, -0.2) is 0 Å². The van der Waals surface area contributed by atoms with Crippen molar-refractivity contribution in [3.05, 3.63) is 59.1 Å². The number of para-hydroxylation sites is 2. The first-order valence-corrected chi connectivity index (χ1v) is 7.83. The van der Waals surface area contributed by atoms with Crippen LogP contribution in [0.5, 0.6) is 0 Å². The molecule has 2 rings (SSSR count). The highest BCUT2D eigenvalue weighted by Crippen LogP contribution is 2.24. The maximum Gasteiger partial charge on any atom is 0.226 e. The molecule has 116 valence electrons. The van der Waals surface area contributed by atoms with Gasteiger partial charge in [0.2, 0.25) is 5.91 Å². The second-order valence-electron chi connectivity index (χ2n) is 5.45. The molecule has 0 bridgehead atoms. The predicted octanol–water partition coefficient (Wildman–Crippen LogP) is 4.90. The number of amides is 1. The molecule has 0 radical (unpaired) electrons. The normalized spacial score (nSPS) is 10.5. The summed E-state index contributed by atoms with van der Waals surface area (Å²) < 4.78 is 0. The third-order valence-electron chi connectivity index (χ3n) is 3.40. The van der Waals surface area contributed by atoms with E-state index in [1.165, 1.54) is 5.56 Å². The van der Waals surface area contributed by atoms with Crippen molar-refractivity contribution in [3.63, 3.8) is 0 Å². The summed E-state index contributed by atoms with van der Waals surface area (Å²) in [5, 5.41) is 6.71. The average Bonchev–Trinajstić information content (AvgIpc) is 2.50. The van der Waals surface area contributed by atoms with Crippen LogP contribution < -0.4 is 10.6 Å². The van der Waals surface area contributed by atoms with Crippen LogP contribution in [0.25, 0.3) is 0 Å². The molecule has 0 spiro atoms. The lowest BCUT2D eigenvalue weighted by Gasteiger charge is -2.14. The van der Waals surface area contributed by atoms with Crippen molar-refractivity contribution in [2.45, 2.75) is 26.2 Å². The number of carbonyl (C=O) groups is 1. The van der Waals surface area contributed by atoms with E-state index >= 15 is 0 Å². The van der Waals surface area contributed by atoms with Crippen molar-refractivity contribution in [1.29, 1.82) is 0 Å². The molecule has 0 unspecified atom stereocenters. The van der Waals surface area contributed by atoms with Gasteiger partial charge < -0.3 is 10.6 Å². The molecule has 4 heteroatoms. The van der Waals surface area contributed by atoms with Crippen LogP contribution in [-0.4, -0.2) is 12.5 Å². The molecule has 2 aromatic carbocycles. The topological polar surface area (TPSA) is 41.1 Å². The van der Waals surface area contributed by atoms with Crippen LogP contribution in [0.4, 0.5) is 11.4 Å². The average molecular weight is 317 g/mol. The lowest BCUT2D eigenvalue weighted by molar-refractivity contribution is -0.115. The Morgan fingerprint density at radius 2 is 1.68 bits per heavy atom. The highest BCUT2D eigenvalue weighted by atomic mass is 35.5. The first-order valence-electron chi connectivity index (χ1n) is 7.45. The molecule has 0 heterocycles. The van der Waals surface area contributed by atoms with E-state index in [4.69, 9.17) is 11.6 Å². The van der Waals surface area contributed by atoms with Gasteiger partial charge in [0.15, 0.2) is 0 Å². The molecule has 0 saturated carbocycles. The number of hydrogen-bond acceptors (Lipinski definition) is 2. The lowest BCUT2D eigenvalue weighted by Crippen LogP contribution is -2.17. The Balaban J connectivity index is 1.86. The van der Waals surface area contributed by atoms with Crippen LogP contribution in [-0.2, 0) is 4.79 Å². The van der Waals surface area contributed by atoms with Gasteiger partial charge in [0, 0.05) is 18.7 Å². The first kappa shape index (κ1) is 16.4.